The Kier molecular flexibility index (Phi) is 3.66. The Labute approximate surface area is 109 Å². The first kappa shape index (κ1) is 13.7. The third-order valence-electron chi connectivity index (χ3n) is 2.93. The van der Waals surface area contributed by atoms with Crippen LogP contribution in [-0.4, -0.2) is 0 Å². The molecule has 2 nitrogen and oxygen atoms in total. The highest BCUT2D eigenvalue weighted by Crippen LogP contribution is 2.32. The second-order valence-electron chi connectivity index (χ2n) is 4.29. The minimum absolute atomic E-state index is 0.191. The fourth-order valence-electron chi connectivity index (χ4n) is 1.73. The highest BCUT2D eigenvalue weighted by atomic mass is 19.4. The summed E-state index contributed by atoms with van der Waals surface area (Å²) >= 11 is 0. The van der Waals surface area contributed by atoms with Gasteiger partial charge in [-0.3, -0.25) is 0 Å². The summed E-state index contributed by atoms with van der Waals surface area (Å²) in [5.41, 5.74) is 5.75. The lowest BCUT2D eigenvalue weighted by Crippen LogP contribution is -2.06. The van der Waals surface area contributed by atoms with E-state index in [0.29, 0.717) is 17.1 Å². The molecule has 0 bridgehead atoms. The van der Waals surface area contributed by atoms with Crippen LogP contribution in [0.5, 0.6) is 0 Å². The van der Waals surface area contributed by atoms with Gasteiger partial charge in [-0.2, -0.15) is 13.2 Å². The largest absolute Gasteiger partial charge is 0.459 e. The van der Waals surface area contributed by atoms with E-state index in [-0.39, 0.29) is 6.04 Å². The Morgan fingerprint density at radius 2 is 1.74 bits per heavy atom. The van der Waals surface area contributed by atoms with Gasteiger partial charge >= 0.3 is 6.18 Å². The summed E-state index contributed by atoms with van der Waals surface area (Å²) in [6.45, 7) is 1.94. The molecule has 0 aliphatic heterocycles. The standard InChI is InChI=1S/C14H14F3NO/c1-2-11(18)13-8-7-12(19-13)9-3-5-10(6-4-9)14(15,16)17/h3-8,11H,2,18H2,1H3. The normalized spacial score (nSPS) is 13.5. The molecule has 0 amide bonds. The van der Waals surface area contributed by atoms with Crippen molar-refractivity contribution in [3.63, 3.8) is 0 Å². The van der Waals surface area contributed by atoms with Crippen LogP contribution < -0.4 is 5.73 Å². The van der Waals surface area contributed by atoms with Crippen LogP contribution in [0.15, 0.2) is 40.8 Å². The molecule has 0 fully saturated rings. The Morgan fingerprint density at radius 1 is 1.11 bits per heavy atom. The molecule has 1 heterocycles. The third-order valence-corrected chi connectivity index (χ3v) is 2.93. The van der Waals surface area contributed by atoms with Crippen molar-refractivity contribution in [1.29, 1.82) is 0 Å². The SMILES string of the molecule is CCC(N)c1ccc(-c2ccc(C(F)(F)F)cc2)o1. The molecule has 0 saturated heterocycles. The van der Waals surface area contributed by atoms with Gasteiger partial charge in [-0.05, 0) is 30.7 Å². The van der Waals surface area contributed by atoms with E-state index in [1.165, 1.54) is 12.1 Å². The van der Waals surface area contributed by atoms with Gasteiger partial charge in [-0.1, -0.05) is 19.1 Å². The third kappa shape index (κ3) is 2.98. The molecule has 0 aliphatic carbocycles. The fraction of sp³-hybridized carbons (Fsp3) is 0.286. The van der Waals surface area contributed by atoms with E-state index in [4.69, 9.17) is 10.2 Å². The first-order valence-corrected chi connectivity index (χ1v) is 5.94. The Hall–Kier alpha value is -1.75. The predicted octanol–water partition coefficient (Wildman–Crippen LogP) is 4.38. The van der Waals surface area contributed by atoms with Crippen LogP contribution in [-0.2, 0) is 6.18 Å². The summed E-state index contributed by atoms with van der Waals surface area (Å²) in [5, 5.41) is 0. The zero-order chi connectivity index (χ0) is 14.0. The lowest BCUT2D eigenvalue weighted by Gasteiger charge is -2.07. The van der Waals surface area contributed by atoms with Gasteiger partial charge in [0.15, 0.2) is 0 Å². The van der Waals surface area contributed by atoms with Gasteiger partial charge in [0.1, 0.15) is 11.5 Å². The van der Waals surface area contributed by atoms with E-state index in [9.17, 15) is 13.2 Å². The summed E-state index contributed by atoms with van der Waals surface area (Å²) in [4.78, 5) is 0. The maximum atomic E-state index is 12.4. The van der Waals surface area contributed by atoms with Crippen LogP contribution >= 0.6 is 0 Å². The summed E-state index contributed by atoms with van der Waals surface area (Å²) in [5.74, 6) is 1.16. The number of benzene rings is 1. The van der Waals surface area contributed by atoms with E-state index in [2.05, 4.69) is 0 Å². The lowest BCUT2D eigenvalue weighted by molar-refractivity contribution is -0.137. The predicted molar refractivity (Wildman–Crippen MR) is 66.4 cm³/mol. The number of hydrogen-bond donors (Lipinski definition) is 1. The maximum Gasteiger partial charge on any atom is 0.416 e. The number of rotatable bonds is 3. The van der Waals surface area contributed by atoms with E-state index in [1.807, 2.05) is 6.92 Å². The molecule has 2 N–H and O–H groups in total. The minimum Gasteiger partial charge on any atom is -0.459 e. The van der Waals surface area contributed by atoms with Gasteiger partial charge < -0.3 is 10.2 Å². The van der Waals surface area contributed by atoms with Gasteiger partial charge in [-0.15, -0.1) is 0 Å². The van der Waals surface area contributed by atoms with Crippen molar-refractivity contribution in [2.45, 2.75) is 25.6 Å². The molecule has 2 rings (SSSR count). The Morgan fingerprint density at radius 3 is 2.26 bits per heavy atom. The fourth-order valence-corrected chi connectivity index (χ4v) is 1.73. The number of furan rings is 1. The van der Waals surface area contributed by atoms with Crippen molar-refractivity contribution in [1.82, 2.24) is 0 Å². The topological polar surface area (TPSA) is 39.2 Å². The van der Waals surface area contributed by atoms with Crippen molar-refractivity contribution >= 4 is 0 Å². The maximum absolute atomic E-state index is 12.4. The monoisotopic (exact) mass is 269 g/mol. The molecule has 1 aromatic heterocycles. The van der Waals surface area contributed by atoms with Crippen LogP contribution in [0.3, 0.4) is 0 Å². The van der Waals surface area contributed by atoms with Gasteiger partial charge in [-0.25, -0.2) is 0 Å². The van der Waals surface area contributed by atoms with Gasteiger partial charge in [0, 0.05) is 5.56 Å². The van der Waals surface area contributed by atoms with E-state index in [0.717, 1.165) is 18.6 Å². The molecule has 1 atom stereocenters. The minimum atomic E-state index is -4.32. The number of nitrogens with two attached hydrogens (primary N) is 1. The van der Waals surface area contributed by atoms with Crippen molar-refractivity contribution in [3.05, 3.63) is 47.7 Å². The first-order chi connectivity index (χ1) is 8.91. The van der Waals surface area contributed by atoms with Gasteiger partial charge in [0.25, 0.3) is 0 Å². The zero-order valence-electron chi connectivity index (χ0n) is 10.4. The second-order valence-corrected chi connectivity index (χ2v) is 4.29. The van der Waals surface area contributed by atoms with Gasteiger partial charge in [0.2, 0.25) is 0 Å². The molecule has 19 heavy (non-hydrogen) atoms. The number of alkyl halides is 3. The quantitative estimate of drug-likeness (QED) is 0.898. The summed E-state index contributed by atoms with van der Waals surface area (Å²) < 4.78 is 42.9. The summed E-state index contributed by atoms with van der Waals surface area (Å²) in [7, 11) is 0. The summed E-state index contributed by atoms with van der Waals surface area (Å²) in [6.07, 6.45) is -3.59. The Bertz CT molecular complexity index is 543. The van der Waals surface area contributed by atoms with Crippen molar-refractivity contribution in [2.24, 2.45) is 5.73 Å². The smallest absolute Gasteiger partial charge is 0.416 e. The molecule has 1 aromatic carbocycles. The van der Waals surface area contributed by atoms with E-state index in [1.54, 1.807) is 12.1 Å². The highest BCUT2D eigenvalue weighted by molar-refractivity contribution is 5.58. The number of hydrogen-bond acceptors (Lipinski definition) is 2. The molecule has 102 valence electrons. The van der Waals surface area contributed by atoms with Crippen LogP contribution in [0, 0.1) is 0 Å². The molecule has 0 spiro atoms. The molecular formula is C14H14F3NO. The van der Waals surface area contributed by atoms with Crippen LogP contribution in [0.2, 0.25) is 0 Å². The zero-order valence-corrected chi connectivity index (χ0v) is 10.4. The molecule has 1 unspecified atom stereocenters. The molecular weight excluding hydrogens is 255 g/mol. The molecule has 0 saturated carbocycles. The molecule has 0 aliphatic rings. The average Bonchev–Trinajstić information content (AvgIpc) is 2.86. The lowest BCUT2D eigenvalue weighted by atomic mass is 10.1. The second kappa shape index (κ2) is 5.09. The van der Waals surface area contributed by atoms with Gasteiger partial charge in [0.05, 0.1) is 11.6 Å². The van der Waals surface area contributed by atoms with Crippen LogP contribution in [0.4, 0.5) is 13.2 Å². The number of halogens is 3. The van der Waals surface area contributed by atoms with Crippen molar-refractivity contribution in [3.8, 4) is 11.3 Å². The molecule has 0 radical (unpaired) electrons. The van der Waals surface area contributed by atoms with Crippen LogP contribution in [0.1, 0.15) is 30.7 Å². The molecule has 5 heteroatoms. The van der Waals surface area contributed by atoms with E-state index < -0.39 is 11.7 Å². The first-order valence-electron chi connectivity index (χ1n) is 5.94. The van der Waals surface area contributed by atoms with Crippen molar-refractivity contribution < 1.29 is 17.6 Å². The Balaban J connectivity index is 2.25. The van der Waals surface area contributed by atoms with Crippen molar-refractivity contribution in [2.75, 3.05) is 0 Å². The van der Waals surface area contributed by atoms with E-state index >= 15 is 0 Å². The van der Waals surface area contributed by atoms with Crippen LogP contribution in [0.25, 0.3) is 11.3 Å². The average molecular weight is 269 g/mol. The highest BCUT2D eigenvalue weighted by Gasteiger charge is 2.30. The summed E-state index contributed by atoms with van der Waals surface area (Å²) in [6, 6.07) is 8.14. The molecule has 2 aromatic rings.